The molecule has 1 heterocycles. The molecule has 0 aliphatic heterocycles. The van der Waals surface area contributed by atoms with Crippen molar-refractivity contribution in [2.24, 2.45) is 0 Å². The molecular weight excluding hydrogens is 402 g/mol. The number of benzene rings is 1. The van der Waals surface area contributed by atoms with Gasteiger partial charge >= 0.3 is 0 Å². The summed E-state index contributed by atoms with van der Waals surface area (Å²) >= 11 is 8.12. The van der Waals surface area contributed by atoms with Crippen LogP contribution in [0.1, 0.15) is 4.88 Å². The molecule has 0 saturated heterocycles. The minimum Gasteiger partial charge on any atom is -0.207 e. The average molecular weight is 411 g/mol. The van der Waals surface area contributed by atoms with Crippen LogP contribution < -0.4 is 4.72 Å². The van der Waals surface area contributed by atoms with Crippen molar-refractivity contribution in [3.63, 3.8) is 0 Å². The number of thiophene rings is 1. The molecule has 0 amide bonds. The van der Waals surface area contributed by atoms with Crippen LogP contribution in [0.5, 0.6) is 0 Å². The molecule has 2 aromatic rings. The van der Waals surface area contributed by atoms with E-state index in [1.807, 2.05) is 12.1 Å². The van der Waals surface area contributed by atoms with Crippen LogP contribution in [0, 0.1) is 0 Å². The van der Waals surface area contributed by atoms with Gasteiger partial charge in [0.2, 0.25) is 10.0 Å². The fourth-order valence-corrected chi connectivity index (χ4v) is 4.10. The van der Waals surface area contributed by atoms with Gasteiger partial charge in [0.05, 0.1) is 8.68 Å². The standard InChI is InChI=1S/C11H9Br2NO2S2/c12-8-1-4-10(5-2-8)18(15,16)14-7-9-3-6-11(13)17-9/h1-6,14H,7H2. The molecular formula is C11H9Br2NO2S2. The molecule has 0 fully saturated rings. The Morgan fingerprint density at radius 3 is 2.28 bits per heavy atom. The van der Waals surface area contributed by atoms with Crippen LogP contribution in [-0.2, 0) is 16.6 Å². The first-order valence-electron chi connectivity index (χ1n) is 4.97. The Morgan fingerprint density at radius 1 is 1.06 bits per heavy atom. The molecule has 0 atom stereocenters. The Balaban J connectivity index is 2.10. The molecule has 0 aliphatic carbocycles. The van der Waals surface area contributed by atoms with Gasteiger partial charge in [0.25, 0.3) is 0 Å². The molecule has 0 unspecified atom stereocenters. The highest BCUT2D eigenvalue weighted by atomic mass is 79.9. The molecule has 18 heavy (non-hydrogen) atoms. The van der Waals surface area contributed by atoms with Crippen molar-refractivity contribution in [1.82, 2.24) is 4.72 Å². The predicted molar refractivity (Wildman–Crippen MR) is 80.2 cm³/mol. The van der Waals surface area contributed by atoms with Gasteiger partial charge in [-0.2, -0.15) is 0 Å². The maximum Gasteiger partial charge on any atom is 0.240 e. The predicted octanol–water partition coefficient (Wildman–Crippen LogP) is 3.75. The van der Waals surface area contributed by atoms with Crippen molar-refractivity contribution in [2.45, 2.75) is 11.4 Å². The number of rotatable bonds is 4. The van der Waals surface area contributed by atoms with Gasteiger partial charge in [-0.25, -0.2) is 13.1 Å². The molecule has 0 radical (unpaired) electrons. The zero-order valence-corrected chi connectivity index (χ0v) is 13.9. The van der Waals surface area contributed by atoms with Crippen LogP contribution >= 0.6 is 43.2 Å². The molecule has 0 spiro atoms. The van der Waals surface area contributed by atoms with Crippen molar-refractivity contribution in [1.29, 1.82) is 0 Å². The van der Waals surface area contributed by atoms with Crippen molar-refractivity contribution >= 4 is 53.2 Å². The smallest absolute Gasteiger partial charge is 0.207 e. The average Bonchev–Trinajstić information content (AvgIpc) is 2.73. The second kappa shape index (κ2) is 5.83. The number of sulfonamides is 1. The van der Waals surface area contributed by atoms with Crippen LogP contribution in [0.4, 0.5) is 0 Å². The second-order valence-electron chi connectivity index (χ2n) is 3.48. The summed E-state index contributed by atoms with van der Waals surface area (Å²) in [4.78, 5) is 1.23. The number of hydrogen-bond donors (Lipinski definition) is 1. The van der Waals surface area contributed by atoms with Crippen LogP contribution in [-0.4, -0.2) is 8.42 Å². The van der Waals surface area contributed by atoms with E-state index in [-0.39, 0.29) is 4.90 Å². The zero-order chi connectivity index (χ0) is 13.2. The van der Waals surface area contributed by atoms with E-state index in [0.29, 0.717) is 6.54 Å². The lowest BCUT2D eigenvalue weighted by Crippen LogP contribution is -2.22. The Hall–Kier alpha value is -0.210. The van der Waals surface area contributed by atoms with Gasteiger partial charge < -0.3 is 0 Å². The van der Waals surface area contributed by atoms with Gasteiger partial charge in [-0.15, -0.1) is 11.3 Å². The van der Waals surface area contributed by atoms with Crippen LogP contribution in [0.15, 0.2) is 49.6 Å². The van der Waals surface area contributed by atoms with E-state index in [2.05, 4.69) is 36.6 Å². The Bertz CT molecular complexity index is 635. The van der Waals surface area contributed by atoms with Crippen molar-refractivity contribution in [2.75, 3.05) is 0 Å². The van der Waals surface area contributed by atoms with Gasteiger partial charge in [-0.3, -0.25) is 0 Å². The van der Waals surface area contributed by atoms with Crippen LogP contribution in [0.3, 0.4) is 0 Å². The van der Waals surface area contributed by atoms with E-state index in [9.17, 15) is 8.42 Å². The molecule has 0 bridgehead atoms. The fourth-order valence-electron chi connectivity index (χ4n) is 1.31. The molecule has 7 heteroatoms. The van der Waals surface area contributed by atoms with E-state index in [4.69, 9.17) is 0 Å². The summed E-state index contributed by atoms with van der Waals surface area (Å²) in [6.45, 7) is 0.300. The minimum absolute atomic E-state index is 0.265. The normalized spacial score (nSPS) is 11.7. The Morgan fingerprint density at radius 2 is 1.72 bits per heavy atom. The second-order valence-corrected chi connectivity index (χ2v) is 8.71. The van der Waals surface area contributed by atoms with Gasteiger partial charge in [-0.05, 0) is 52.3 Å². The molecule has 1 aromatic heterocycles. The quantitative estimate of drug-likeness (QED) is 0.834. The van der Waals surface area contributed by atoms with E-state index in [1.165, 1.54) is 11.3 Å². The van der Waals surface area contributed by atoms with Gasteiger partial charge in [0.1, 0.15) is 0 Å². The Labute approximate surface area is 127 Å². The first-order chi connectivity index (χ1) is 8.47. The number of hydrogen-bond acceptors (Lipinski definition) is 3. The Kier molecular flexibility index (Phi) is 4.60. The highest BCUT2D eigenvalue weighted by Gasteiger charge is 2.13. The monoisotopic (exact) mass is 409 g/mol. The van der Waals surface area contributed by atoms with Crippen molar-refractivity contribution < 1.29 is 8.42 Å². The zero-order valence-electron chi connectivity index (χ0n) is 9.06. The summed E-state index contributed by atoms with van der Waals surface area (Å²) in [7, 11) is -3.45. The fraction of sp³-hybridized carbons (Fsp3) is 0.0909. The molecule has 3 nitrogen and oxygen atoms in total. The number of halogens is 2. The maximum atomic E-state index is 12.0. The maximum absolute atomic E-state index is 12.0. The topological polar surface area (TPSA) is 46.2 Å². The minimum atomic E-state index is -3.45. The van der Waals surface area contributed by atoms with Crippen molar-refractivity contribution in [3.8, 4) is 0 Å². The summed E-state index contributed by atoms with van der Waals surface area (Å²) in [5.74, 6) is 0. The SMILES string of the molecule is O=S(=O)(NCc1ccc(Br)s1)c1ccc(Br)cc1. The summed E-state index contributed by atoms with van der Waals surface area (Å²) in [6, 6.07) is 10.3. The molecule has 0 saturated carbocycles. The highest BCUT2D eigenvalue weighted by Crippen LogP contribution is 2.22. The molecule has 2 rings (SSSR count). The third-order valence-corrected chi connectivity index (χ3v) is 5.76. The summed E-state index contributed by atoms with van der Waals surface area (Å²) in [5.41, 5.74) is 0. The van der Waals surface area contributed by atoms with Crippen LogP contribution in [0.2, 0.25) is 0 Å². The van der Waals surface area contributed by atoms with E-state index < -0.39 is 10.0 Å². The lowest BCUT2D eigenvalue weighted by atomic mass is 10.4. The van der Waals surface area contributed by atoms with E-state index >= 15 is 0 Å². The first-order valence-corrected chi connectivity index (χ1v) is 8.85. The van der Waals surface area contributed by atoms with Gasteiger partial charge in [-0.1, -0.05) is 15.9 Å². The first kappa shape index (κ1) is 14.2. The van der Waals surface area contributed by atoms with Gasteiger partial charge in [0, 0.05) is 15.9 Å². The van der Waals surface area contributed by atoms with E-state index in [0.717, 1.165) is 13.1 Å². The lowest BCUT2D eigenvalue weighted by Gasteiger charge is -2.05. The summed E-state index contributed by atoms with van der Waals surface area (Å²) in [5, 5.41) is 0. The summed E-state index contributed by atoms with van der Waals surface area (Å²) < 4.78 is 28.4. The van der Waals surface area contributed by atoms with E-state index in [1.54, 1.807) is 24.3 Å². The summed E-state index contributed by atoms with van der Waals surface area (Å²) in [6.07, 6.45) is 0. The molecule has 1 aromatic carbocycles. The molecule has 96 valence electrons. The van der Waals surface area contributed by atoms with Crippen molar-refractivity contribution in [3.05, 3.63) is 49.5 Å². The number of nitrogens with one attached hydrogen (secondary N) is 1. The third kappa shape index (κ3) is 3.64. The highest BCUT2D eigenvalue weighted by molar-refractivity contribution is 9.11. The molecule has 0 aliphatic rings. The largest absolute Gasteiger partial charge is 0.240 e. The van der Waals surface area contributed by atoms with Gasteiger partial charge in [0.15, 0.2) is 0 Å². The third-order valence-electron chi connectivity index (χ3n) is 2.19. The lowest BCUT2D eigenvalue weighted by molar-refractivity contribution is 0.582. The molecule has 1 N–H and O–H groups in total. The van der Waals surface area contributed by atoms with Crippen LogP contribution in [0.25, 0.3) is 0 Å².